The van der Waals surface area contributed by atoms with Gasteiger partial charge in [0.05, 0.1) is 16.8 Å². The van der Waals surface area contributed by atoms with Crippen molar-refractivity contribution in [3.63, 3.8) is 0 Å². The summed E-state index contributed by atoms with van der Waals surface area (Å²) in [5.41, 5.74) is 6.38. The third kappa shape index (κ3) is 3.81. The van der Waals surface area contributed by atoms with Gasteiger partial charge in [0.1, 0.15) is 0 Å². The summed E-state index contributed by atoms with van der Waals surface area (Å²) in [5.74, 6) is 1.40. The summed E-state index contributed by atoms with van der Waals surface area (Å²) in [6, 6.07) is 18.5. The molecule has 2 aromatic carbocycles. The summed E-state index contributed by atoms with van der Waals surface area (Å²) in [5, 5.41) is 4.47. The van der Waals surface area contributed by atoms with Crippen molar-refractivity contribution >= 4 is 53.3 Å². The minimum atomic E-state index is 0. The van der Waals surface area contributed by atoms with Crippen molar-refractivity contribution in [2.24, 2.45) is 11.8 Å². The van der Waals surface area contributed by atoms with Gasteiger partial charge >= 0.3 is 0 Å². The zero-order chi connectivity index (χ0) is 20.1. The van der Waals surface area contributed by atoms with E-state index in [0.29, 0.717) is 11.8 Å². The number of nitrogens with one attached hydrogen (secondary N) is 1. The Morgan fingerprint density at radius 2 is 1.62 bits per heavy atom. The number of halogens is 2. The molecule has 2 aliphatic heterocycles. The monoisotopic (exact) mass is 467 g/mol. The van der Waals surface area contributed by atoms with Gasteiger partial charge in [-0.3, -0.25) is 4.79 Å². The van der Waals surface area contributed by atoms with Crippen LogP contribution in [0.3, 0.4) is 0 Å². The van der Waals surface area contributed by atoms with Gasteiger partial charge in [0, 0.05) is 31.6 Å². The number of nitrogens with zero attached hydrogens (tertiary/aromatic N) is 2. The normalized spacial score (nSPS) is 22.4. The summed E-state index contributed by atoms with van der Waals surface area (Å²) in [4.78, 5) is 20.9. The van der Waals surface area contributed by atoms with Crippen LogP contribution in [-0.2, 0) is 6.42 Å². The quantitative estimate of drug-likeness (QED) is 0.585. The molecular formula is C26H27Cl2N3O. The fourth-order valence-corrected chi connectivity index (χ4v) is 5.45. The molecule has 32 heavy (non-hydrogen) atoms. The Morgan fingerprint density at radius 3 is 2.38 bits per heavy atom. The van der Waals surface area contributed by atoms with Crippen molar-refractivity contribution in [1.29, 1.82) is 0 Å². The number of hydrogen-bond acceptors (Lipinski definition) is 3. The van der Waals surface area contributed by atoms with Crippen LogP contribution in [0.25, 0.3) is 22.6 Å². The molecule has 1 N–H and O–H groups in total. The second kappa shape index (κ2) is 9.22. The SMILES string of the molecule is Cl.Cl.O=C(c1c2c(nc3ccccc13)/C(=C\c1ccccc1)CC2)N1C[C@H]2CNC[C@H]2C1. The number of amides is 1. The Balaban J connectivity index is 0.00000122. The molecule has 3 aliphatic rings. The lowest BCUT2D eigenvalue weighted by Gasteiger charge is -2.20. The maximum absolute atomic E-state index is 13.8. The Bertz CT molecular complexity index is 1170. The molecule has 1 aromatic heterocycles. The van der Waals surface area contributed by atoms with Crippen LogP contribution >= 0.6 is 24.8 Å². The van der Waals surface area contributed by atoms with Gasteiger partial charge in [-0.15, -0.1) is 24.8 Å². The third-order valence-corrected chi connectivity index (χ3v) is 6.97. The molecule has 3 aromatic rings. The lowest BCUT2D eigenvalue weighted by atomic mass is 9.99. The molecule has 0 unspecified atom stereocenters. The minimum absolute atomic E-state index is 0. The second-order valence-corrected chi connectivity index (χ2v) is 8.80. The van der Waals surface area contributed by atoms with Gasteiger partial charge in [-0.25, -0.2) is 4.98 Å². The smallest absolute Gasteiger partial charge is 0.254 e. The molecule has 0 spiro atoms. The first-order valence-electron chi connectivity index (χ1n) is 11.0. The van der Waals surface area contributed by atoms with Gasteiger partial charge < -0.3 is 10.2 Å². The van der Waals surface area contributed by atoms with E-state index in [4.69, 9.17) is 4.98 Å². The molecule has 0 radical (unpaired) electrons. The van der Waals surface area contributed by atoms with Gasteiger partial charge in [-0.2, -0.15) is 0 Å². The molecular weight excluding hydrogens is 441 g/mol. The van der Waals surface area contributed by atoms with Gasteiger partial charge in [0.15, 0.2) is 0 Å². The molecule has 6 rings (SSSR count). The number of carbonyl (C=O) groups excluding carboxylic acids is 1. The van der Waals surface area contributed by atoms with Crippen LogP contribution in [0.2, 0.25) is 0 Å². The molecule has 1 aliphatic carbocycles. The number of fused-ring (bicyclic) bond motifs is 3. The van der Waals surface area contributed by atoms with Crippen LogP contribution in [0.4, 0.5) is 0 Å². The van der Waals surface area contributed by atoms with Crippen molar-refractivity contribution in [1.82, 2.24) is 15.2 Å². The number of pyridine rings is 1. The number of allylic oxidation sites excluding steroid dienone is 1. The highest BCUT2D eigenvalue weighted by molar-refractivity contribution is 6.09. The Kier molecular flexibility index (Phi) is 6.57. The highest BCUT2D eigenvalue weighted by Crippen LogP contribution is 2.39. The first-order valence-corrected chi connectivity index (χ1v) is 11.0. The van der Waals surface area contributed by atoms with Gasteiger partial charge in [0.2, 0.25) is 0 Å². The second-order valence-electron chi connectivity index (χ2n) is 8.80. The molecule has 1 amide bonds. The van der Waals surface area contributed by atoms with Crippen molar-refractivity contribution in [3.8, 4) is 0 Å². The van der Waals surface area contributed by atoms with E-state index < -0.39 is 0 Å². The van der Waals surface area contributed by atoms with E-state index in [-0.39, 0.29) is 30.7 Å². The van der Waals surface area contributed by atoms with E-state index in [1.54, 1.807) is 0 Å². The largest absolute Gasteiger partial charge is 0.338 e. The van der Waals surface area contributed by atoms with Crippen molar-refractivity contribution < 1.29 is 4.79 Å². The van der Waals surface area contributed by atoms with E-state index in [2.05, 4.69) is 46.6 Å². The van der Waals surface area contributed by atoms with Crippen molar-refractivity contribution in [2.75, 3.05) is 26.2 Å². The van der Waals surface area contributed by atoms with E-state index in [0.717, 1.165) is 66.7 Å². The third-order valence-electron chi connectivity index (χ3n) is 6.97. The maximum Gasteiger partial charge on any atom is 0.254 e. The summed E-state index contributed by atoms with van der Waals surface area (Å²) < 4.78 is 0. The summed E-state index contributed by atoms with van der Waals surface area (Å²) >= 11 is 0. The zero-order valence-electron chi connectivity index (χ0n) is 17.8. The summed E-state index contributed by atoms with van der Waals surface area (Å²) in [7, 11) is 0. The lowest BCUT2D eigenvalue weighted by molar-refractivity contribution is 0.0782. The molecule has 6 heteroatoms. The Morgan fingerprint density at radius 1 is 0.938 bits per heavy atom. The van der Waals surface area contributed by atoms with Crippen LogP contribution in [0.5, 0.6) is 0 Å². The molecule has 0 bridgehead atoms. The van der Waals surface area contributed by atoms with E-state index >= 15 is 0 Å². The summed E-state index contributed by atoms with van der Waals surface area (Å²) in [6.45, 7) is 3.81. The molecule has 4 nitrogen and oxygen atoms in total. The number of likely N-dealkylation sites (tertiary alicyclic amines) is 1. The highest BCUT2D eigenvalue weighted by Gasteiger charge is 2.39. The molecule has 3 heterocycles. The fourth-order valence-electron chi connectivity index (χ4n) is 5.45. The van der Waals surface area contributed by atoms with E-state index in [9.17, 15) is 4.79 Å². The number of carbonyl (C=O) groups is 1. The molecule has 166 valence electrons. The van der Waals surface area contributed by atoms with E-state index in [1.165, 1.54) is 11.1 Å². The maximum atomic E-state index is 13.8. The first-order chi connectivity index (χ1) is 14.8. The lowest BCUT2D eigenvalue weighted by Crippen LogP contribution is -2.32. The van der Waals surface area contributed by atoms with Crippen LogP contribution in [0, 0.1) is 11.8 Å². The Hall–Kier alpha value is -2.40. The average Bonchev–Trinajstić information content (AvgIpc) is 3.48. The molecule has 0 saturated carbocycles. The van der Waals surface area contributed by atoms with Crippen LogP contribution in [-0.4, -0.2) is 42.0 Å². The van der Waals surface area contributed by atoms with Gasteiger partial charge in [-0.05, 0) is 53.5 Å². The van der Waals surface area contributed by atoms with Crippen LogP contribution in [0.15, 0.2) is 54.6 Å². The standard InChI is InChI=1S/C26H25N3O.2ClH/c30-26(29-15-19-13-27-14-20(19)16-29)24-21-8-4-5-9-23(21)28-25-18(10-11-22(24)25)12-17-6-2-1-3-7-17;;/h1-9,12,19-20,27H,10-11,13-16H2;2*1H/b18-12-;;/t19-,20+;;. The number of rotatable bonds is 2. The van der Waals surface area contributed by atoms with Crippen molar-refractivity contribution in [2.45, 2.75) is 12.8 Å². The van der Waals surface area contributed by atoms with Crippen molar-refractivity contribution in [3.05, 3.63) is 77.0 Å². The number of benzene rings is 2. The molecule has 2 saturated heterocycles. The minimum Gasteiger partial charge on any atom is -0.338 e. The van der Waals surface area contributed by atoms with E-state index in [1.807, 2.05) is 24.3 Å². The number of hydrogen-bond donors (Lipinski definition) is 1. The number of aromatic nitrogens is 1. The van der Waals surface area contributed by atoms with Crippen LogP contribution < -0.4 is 5.32 Å². The zero-order valence-corrected chi connectivity index (χ0v) is 19.4. The molecule has 2 fully saturated rings. The topological polar surface area (TPSA) is 45.2 Å². The van der Waals surface area contributed by atoms with Crippen LogP contribution in [0.1, 0.15) is 33.6 Å². The van der Waals surface area contributed by atoms with Gasteiger partial charge in [-0.1, -0.05) is 48.5 Å². The van der Waals surface area contributed by atoms with Gasteiger partial charge in [0.25, 0.3) is 5.91 Å². The first kappa shape index (κ1) is 22.8. The highest BCUT2D eigenvalue weighted by atomic mass is 35.5. The average molecular weight is 468 g/mol. The molecule has 2 atom stereocenters. The predicted molar refractivity (Wildman–Crippen MR) is 135 cm³/mol. The number of para-hydroxylation sites is 1. The fraction of sp³-hybridized carbons (Fsp3) is 0.308. The Labute approximate surface area is 200 Å². The summed E-state index contributed by atoms with van der Waals surface area (Å²) in [6.07, 6.45) is 4.05. The predicted octanol–water partition coefficient (Wildman–Crippen LogP) is 4.86.